The average molecular weight is 733 g/mol. The minimum atomic E-state index is -1.04. The normalized spacial score (nSPS) is 38.1. The molecule has 0 saturated heterocycles. The Labute approximate surface area is 315 Å². The molecule has 4 fully saturated rings. The number of aliphatic hydroxyl groups is 2. The Hall–Kier alpha value is -3.10. The molecule has 9 atom stereocenters. The van der Waals surface area contributed by atoms with Crippen LogP contribution in [0.25, 0.3) is 11.0 Å². The molecular formula is C45H64O8. The van der Waals surface area contributed by atoms with Crippen molar-refractivity contribution in [3.63, 3.8) is 0 Å². The number of hydrogen-bond acceptors (Lipinski definition) is 7. The van der Waals surface area contributed by atoms with E-state index in [4.69, 9.17) is 4.42 Å². The summed E-state index contributed by atoms with van der Waals surface area (Å²) in [4.78, 5) is 24.7. The molecule has 4 saturated carbocycles. The number of aliphatic hydroxyl groups excluding tert-OH is 2. The largest absolute Gasteiger partial charge is 0.507 e. The summed E-state index contributed by atoms with van der Waals surface area (Å²) < 4.78 is 5.35. The molecule has 0 aliphatic heterocycles. The summed E-state index contributed by atoms with van der Waals surface area (Å²) in [5.74, 6) is 0.247. The Morgan fingerprint density at radius 1 is 0.906 bits per heavy atom. The molecule has 1 aromatic carbocycles. The molecule has 5 aliphatic rings. The van der Waals surface area contributed by atoms with E-state index in [2.05, 4.69) is 54.5 Å². The lowest BCUT2D eigenvalue weighted by molar-refractivity contribution is -0.218. The van der Waals surface area contributed by atoms with E-state index in [-0.39, 0.29) is 67.0 Å². The number of rotatable bonds is 3. The molecule has 1 aromatic heterocycles. The fourth-order valence-corrected chi connectivity index (χ4v) is 12.7. The quantitative estimate of drug-likeness (QED) is 0.196. The molecule has 1 heterocycles. The maximum atomic E-state index is 12.8. The maximum absolute atomic E-state index is 12.8. The van der Waals surface area contributed by atoms with Gasteiger partial charge in [0.25, 0.3) is 0 Å². The van der Waals surface area contributed by atoms with Gasteiger partial charge in [0.2, 0.25) is 0 Å². The zero-order valence-corrected chi connectivity index (χ0v) is 33.7. The van der Waals surface area contributed by atoms with E-state index in [0.29, 0.717) is 42.4 Å². The predicted octanol–water partition coefficient (Wildman–Crippen LogP) is 9.23. The minimum absolute atomic E-state index is 0.0218. The Balaban J connectivity index is 0.000000214. The number of carbonyl (C=O) groups is 1. The molecule has 0 spiro atoms. The summed E-state index contributed by atoms with van der Waals surface area (Å²) in [6.45, 7) is 21.9. The number of phenolic OH excluding ortho intramolecular Hbond substituents is 2. The Morgan fingerprint density at radius 2 is 1.58 bits per heavy atom. The van der Waals surface area contributed by atoms with Crippen LogP contribution in [0.15, 0.2) is 44.6 Å². The van der Waals surface area contributed by atoms with Gasteiger partial charge in [-0.3, -0.25) is 9.59 Å². The van der Waals surface area contributed by atoms with Gasteiger partial charge >= 0.3 is 5.97 Å². The summed E-state index contributed by atoms with van der Waals surface area (Å²) in [7, 11) is 0. The van der Waals surface area contributed by atoms with Gasteiger partial charge in [0.1, 0.15) is 33.6 Å². The Bertz CT molecular complexity index is 1910. The van der Waals surface area contributed by atoms with Crippen LogP contribution in [-0.4, -0.2) is 43.7 Å². The van der Waals surface area contributed by atoms with Crippen LogP contribution < -0.4 is 5.43 Å². The monoisotopic (exact) mass is 732 g/mol. The number of phenols is 2. The number of hydrogen-bond donors (Lipinski definition) is 5. The molecule has 9 unspecified atom stereocenters. The van der Waals surface area contributed by atoms with Crippen molar-refractivity contribution in [3.05, 3.63) is 57.0 Å². The summed E-state index contributed by atoms with van der Waals surface area (Å²) in [6, 6.07) is 2.70. The van der Waals surface area contributed by atoms with Crippen molar-refractivity contribution in [1.29, 1.82) is 0 Å². The van der Waals surface area contributed by atoms with Gasteiger partial charge < -0.3 is 29.9 Å². The van der Waals surface area contributed by atoms with Crippen LogP contribution in [0.1, 0.15) is 131 Å². The molecule has 5 aliphatic carbocycles. The summed E-state index contributed by atoms with van der Waals surface area (Å²) >= 11 is 0. The smallest absolute Gasteiger partial charge is 0.312 e. The van der Waals surface area contributed by atoms with Crippen molar-refractivity contribution in [2.24, 2.45) is 50.2 Å². The lowest BCUT2D eigenvalue weighted by atomic mass is 9.33. The molecule has 0 bridgehead atoms. The molecule has 5 N–H and O–H groups in total. The summed E-state index contributed by atoms with van der Waals surface area (Å²) in [6.07, 6.45) is 11.6. The number of carboxylic acids is 1. The lowest BCUT2D eigenvalue weighted by Gasteiger charge is -2.71. The van der Waals surface area contributed by atoms with Crippen molar-refractivity contribution in [2.45, 2.75) is 146 Å². The van der Waals surface area contributed by atoms with Gasteiger partial charge in [0.05, 0.1) is 12.2 Å². The van der Waals surface area contributed by atoms with E-state index >= 15 is 0 Å². The molecule has 8 heteroatoms. The predicted molar refractivity (Wildman–Crippen MR) is 208 cm³/mol. The summed E-state index contributed by atoms with van der Waals surface area (Å²) in [5.41, 5.74) is 1.58. The second-order valence-electron chi connectivity index (χ2n) is 20.0. The third kappa shape index (κ3) is 5.91. The Morgan fingerprint density at radius 3 is 2.23 bits per heavy atom. The third-order valence-corrected chi connectivity index (χ3v) is 16.0. The first-order valence-electron chi connectivity index (χ1n) is 19.9. The van der Waals surface area contributed by atoms with Crippen molar-refractivity contribution in [3.8, 4) is 11.5 Å². The second kappa shape index (κ2) is 13.0. The van der Waals surface area contributed by atoms with Gasteiger partial charge in [0, 0.05) is 17.7 Å². The van der Waals surface area contributed by atoms with Gasteiger partial charge in [-0.05, 0) is 130 Å². The zero-order chi connectivity index (χ0) is 39.3. The molecule has 8 nitrogen and oxygen atoms in total. The number of aliphatic carboxylic acids is 1. The van der Waals surface area contributed by atoms with Gasteiger partial charge in [-0.2, -0.15) is 0 Å². The number of aryl methyl sites for hydroxylation is 1. The van der Waals surface area contributed by atoms with Gasteiger partial charge in [-0.1, -0.05) is 71.8 Å². The van der Waals surface area contributed by atoms with Gasteiger partial charge in [0.15, 0.2) is 5.43 Å². The van der Waals surface area contributed by atoms with Crippen molar-refractivity contribution in [1.82, 2.24) is 0 Å². The van der Waals surface area contributed by atoms with E-state index in [9.17, 15) is 35.1 Å². The van der Waals surface area contributed by atoms with E-state index in [1.165, 1.54) is 17.7 Å². The fraction of sp³-hybridized carbons (Fsp3) is 0.689. The highest BCUT2D eigenvalue weighted by Crippen LogP contribution is 2.75. The van der Waals surface area contributed by atoms with E-state index in [1.54, 1.807) is 6.92 Å². The highest BCUT2D eigenvalue weighted by Gasteiger charge is 2.71. The number of aromatic hydroxyl groups is 2. The molecule has 0 radical (unpaired) electrons. The maximum Gasteiger partial charge on any atom is 0.312 e. The van der Waals surface area contributed by atoms with Crippen LogP contribution in [0.3, 0.4) is 0 Å². The van der Waals surface area contributed by atoms with Crippen LogP contribution in [-0.2, 0) is 11.2 Å². The standard InChI is InChI=1S/C30H48O4.C15H16O4/c1-25(2)14-15-30(24(33)34)19(16-25)18-8-9-21-27(5)12-11-22(31)26(3,4)20(27)10-13-28(21,6)29(18,7)17-23(30)32;1-8(2)4-5-10-11(16)7-13-14(15(10)18)12(17)6-9(3)19-13/h8,19-23,31-32H,9-17H2,1-7H3,(H,33,34);4,6-7,16,18H,5H2,1-3H3. The molecule has 292 valence electrons. The highest BCUT2D eigenvalue weighted by molar-refractivity contribution is 5.86. The molecule has 2 aromatic rings. The lowest BCUT2D eigenvalue weighted by Crippen LogP contribution is -2.67. The molecule has 0 amide bonds. The van der Waals surface area contributed by atoms with Crippen LogP contribution in [0.2, 0.25) is 0 Å². The third-order valence-electron chi connectivity index (χ3n) is 16.0. The van der Waals surface area contributed by atoms with Gasteiger partial charge in [-0.15, -0.1) is 0 Å². The molecule has 7 rings (SSSR count). The number of benzene rings is 1. The van der Waals surface area contributed by atoms with E-state index in [1.807, 2.05) is 19.9 Å². The first kappa shape index (κ1) is 39.6. The second-order valence-corrected chi connectivity index (χ2v) is 20.0. The molecule has 53 heavy (non-hydrogen) atoms. The number of fused-ring (bicyclic) bond motifs is 8. The van der Waals surface area contributed by atoms with Crippen molar-refractivity contribution >= 4 is 16.9 Å². The van der Waals surface area contributed by atoms with E-state index < -0.39 is 17.5 Å². The van der Waals surface area contributed by atoms with Crippen LogP contribution in [0.5, 0.6) is 11.5 Å². The fourth-order valence-electron chi connectivity index (χ4n) is 12.7. The van der Waals surface area contributed by atoms with Crippen molar-refractivity contribution in [2.75, 3.05) is 0 Å². The molecular weight excluding hydrogens is 668 g/mol. The average Bonchev–Trinajstić information content (AvgIpc) is 3.02. The Kier molecular flexibility index (Phi) is 9.71. The topological polar surface area (TPSA) is 148 Å². The first-order valence-corrected chi connectivity index (χ1v) is 19.9. The minimum Gasteiger partial charge on any atom is -0.507 e. The van der Waals surface area contributed by atoms with Crippen LogP contribution >= 0.6 is 0 Å². The first-order chi connectivity index (χ1) is 24.5. The number of allylic oxidation sites excluding steroid dienone is 4. The zero-order valence-electron chi connectivity index (χ0n) is 33.7. The van der Waals surface area contributed by atoms with Gasteiger partial charge in [-0.25, -0.2) is 0 Å². The van der Waals surface area contributed by atoms with Crippen LogP contribution in [0.4, 0.5) is 0 Å². The number of carboxylic acid groups (broad SMARTS) is 1. The highest BCUT2D eigenvalue weighted by atomic mass is 16.4. The van der Waals surface area contributed by atoms with E-state index in [0.717, 1.165) is 50.5 Å². The SMILES string of the molecule is CC(C)=CCc1c(O)cc2oc(C)cc(=O)c2c1O.CC1(C)CCC2(C(=O)O)C(O)CC3(C)C(=CCC4C5(C)CCC(O)C(C)(C)C5CCC43C)C2C1. The van der Waals surface area contributed by atoms with Crippen LogP contribution in [0, 0.1) is 57.2 Å². The van der Waals surface area contributed by atoms with Crippen molar-refractivity contribution < 1.29 is 34.7 Å². The summed E-state index contributed by atoms with van der Waals surface area (Å²) in [5, 5.41) is 53.3.